The Kier molecular flexibility index (Phi) is 9.18. The summed E-state index contributed by atoms with van der Waals surface area (Å²) in [4.78, 5) is 0. The molecule has 1 fully saturated rings. The summed E-state index contributed by atoms with van der Waals surface area (Å²) in [6.45, 7) is 3.81. The second kappa shape index (κ2) is 15.3. The molecule has 328 valence electrons. The van der Waals surface area contributed by atoms with Crippen LogP contribution in [0.4, 0.5) is 0 Å². The Labute approximate surface area is 394 Å². The predicted molar refractivity (Wildman–Crippen MR) is 280 cm³/mol. The highest BCUT2D eigenvalue weighted by Gasteiger charge is 2.61. The van der Waals surface area contributed by atoms with E-state index in [2.05, 4.69) is 182 Å². The van der Waals surface area contributed by atoms with Gasteiger partial charge in [0.2, 0.25) is 0 Å². The molecule has 1 aliphatic heterocycles. The van der Waals surface area contributed by atoms with E-state index in [0.717, 1.165) is 91.7 Å². The Morgan fingerprint density at radius 1 is 0.353 bits per heavy atom. The maximum Gasteiger partial charge on any atom is 0.164 e. The van der Waals surface area contributed by atoms with Gasteiger partial charge in [0.25, 0.3) is 0 Å². The van der Waals surface area contributed by atoms with E-state index in [4.69, 9.17) is 9.47 Å². The van der Waals surface area contributed by atoms with Gasteiger partial charge in [-0.05, 0) is 140 Å². The first-order chi connectivity index (χ1) is 33.2. The van der Waals surface area contributed by atoms with Crippen molar-refractivity contribution in [1.82, 2.24) is 0 Å². The summed E-state index contributed by atoms with van der Waals surface area (Å²) in [5.41, 5.74) is -0.745. The zero-order chi connectivity index (χ0) is 45.8. The van der Waals surface area contributed by atoms with Crippen LogP contribution in [-0.4, -0.2) is 28.2 Å². The summed E-state index contributed by atoms with van der Waals surface area (Å²) in [6.07, 6.45) is -2.17. The van der Waals surface area contributed by atoms with Crippen LogP contribution in [0.5, 0.6) is 0 Å². The molecule has 12 aromatic carbocycles. The predicted octanol–water partition coefficient (Wildman–Crippen LogP) is 14.8. The first kappa shape index (κ1) is 40.8. The van der Waals surface area contributed by atoms with Gasteiger partial charge in [-0.15, -0.1) is 0 Å². The fourth-order valence-corrected chi connectivity index (χ4v) is 11.9. The number of rotatable bonds is 7. The molecular weight excluding hydrogens is 833 g/mol. The molecule has 4 nitrogen and oxygen atoms in total. The number of hydrogen-bond donors (Lipinski definition) is 2. The van der Waals surface area contributed by atoms with Crippen molar-refractivity contribution in [2.45, 2.75) is 49.5 Å². The van der Waals surface area contributed by atoms with Crippen LogP contribution in [0.25, 0.3) is 86.2 Å². The van der Waals surface area contributed by atoms with Gasteiger partial charge >= 0.3 is 0 Å². The van der Waals surface area contributed by atoms with Crippen molar-refractivity contribution >= 4 is 86.2 Å². The molecule has 0 saturated carbocycles. The Bertz CT molecular complexity index is 3880. The van der Waals surface area contributed by atoms with Crippen LogP contribution < -0.4 is 0 Å². The lowest BCUT2D eigenvalue weighted by Crippen LogP contribution is -2.55. The zero-order valence-corrected chi connectivity index (χ0v) is 37.9. The van der Waals surface area contributed by atoms with Crippen molar-refractivity contribution < 1.29 is 19.7 Å². The molecule has 68 heavy (non-hydrogen) atoms. The number of hydrogen-bond acceptors (Lipinski definition) is 4. The third-order valence-electron chi connectivity index (χ3n) is 14.9. The van der Waals surface area contributed by atoms with E-state index in [1.165, 1.54) is 0 Å². The van der Waals surface area contributed by atoms with Crippen molar-refractivity contribution in [2.24, 2.45) is 0 Å². The summed E-state index contributed by atoms with van der Waals surface area (Å²) < 4.78 is 14.8. The first-order valence-corrected chi connectivity index (χ1v) is 23.6. The maximum absolute atomic E-state index is 15.0. The third-order valence-corrected chi connectivity index (χ3v) is 14.9. The summed E-state index contributed by atoms with van der Waals surface area (Å²) >= 11 is 0. The third kappa shape index (κ3) is 6.15. The maximum atomic E-state index is 15.0. The van der Waals surface area contributed by atoms with Crippen LogP contribution in [-0.2, 0) is 27.1 Å². The zero-order valence-electron chi connectivity index (χ0n) is 37.9. The highest BCUT2D eigenvalue weighted by atomic mass is 16.8. The molecule has 13 rings (SSSR count). The molecular formula is C64H48O4. The largest absolute Gasteiger partial charge is 0.382 e. The average Bonchev–Trinajstić information content (AvgIpc) is 3.74. The molecule has 1 unspecified atom stereocenters. The molecule has 0 bridgehead atoms. The second-order valence-corrected chi connectivity index (χ2v) is 19.2. The number of ether oxygens (including phenoxy) is 2. The normalized spacial score (nSPS) is 17.3. The smallest absolute Gasteiger partial charge is 0.164 e. The van der Waals surface area contributed by atoms with E-state index in [9.17, 15) is 5.11 Å². The second-order valence-electron chi connectivity index (χ2n) is 19.2. The SMILES string of the molecule is CC1(C)O[C@H](C(O)(Cc2cc3ccccc3c3ccccc23)c2cc3ccccc3c3ccccc23)[C@@H](C(O)(c2cc3ccccc3c3ccccc23)c2cc3ccccc3c3ccccc23)O1. The van der Waals surface area contributed by atoms with Gasteiger partial charge in [0.05, 0.1) is 0 Å². The first-order valence-electron chi connectivity index (χ1n) is 23.6. The number of benzene rings is 12. The molecule has 1 aliphatic rings. The van der Waals surface area contributed by atoms with E-state index in [1.807, 2.05) is 50.2 Å². The van der Waals surface area contributed by atoms with Gasteiger partial charge in [-0.1, -0.05) is 200 Å². The molecule has 1 heterocycles. The summed E-state index contributed by atoms with van der Waals surface area (Å²) in [5.74, 6) is -1.26. The van der Waals surface area contributed by atoms with Gasteiger partial charge in [0, 0.05) is 6.42 Å². The molecule has 12 aromatic rings. The number of aliphatic hydroxyl groups is 2. The lowest BCUT2D eigenvalue weighted by atomic mass is 9.69. The monoisotopic (exact) mass is 880 g/mol. The van der Waals surface area contributed by atoms with Gasteiger partial charge in [-0.3, -0.25) is 0 Å². The summed E-state index contributed by atoms with van der Waals surface area (Å²) in [6, 6.07) is 75.7. The minimum Gasteiger partial charge on any atom is -0.382 e. The summed E-state index contributed by atoms with van der Waals surface area (Å²) in [5, 5.41) is 46.2. The minimum atomic E-state index is -1.93. The molecule has 1 saturated heterocycles. The fraction of sp³-hybridized carbons (Fsp3) is 0.125. The van der Waals surface area contributed by atoms with Gasteiger partial charge in [0.15, 0.2) is 5.79 Å². The number of fused-ring (bicyclic) bond motifs is 12. The highest BCUT2D eigenvalue weighted by Crippen LogP contribution is 2.54. The quantitative estimate of drug-likeness (QED) is 0.157. The van der Waals surface area contributed by atoms with E-state index in [-0.39, 0.29) is 6.42 Å². The molecule has 0 spiro atoms. The van der Waals surface area contributed by atoms with Crippen LogP contribution in [0.15, 0.2) is 218 Å². The van der Waals surface area contributed by atoms with Crippen LogP contribution in [0.3, 0.4) is 0 Å². The van der Waals surface area contributed by atoms with E-state index < -0.39 is 29.2 Å². The van der Waals surface area contributed by atoms with Crippen molar-refractivity contribution in [3.05, 3.63) is 241 Å². The Hall–Kier alpha value is -7.44. The summed E-state index contributed by atoms with van der Waals surface area (Å²) in [7, 11) is 0. The molecule has 3 atom stereocenters. The van der Waals surface area contributed by atoms with Crippen molar-refractivity contribution in [3.8, 4) is 0 Å². The van der Waals surface area contributed by atoms with Gasteiger partial charge in [-0.2, -0.15) is 0 Å². The van der Waals surface area contributed by atoms with Gasteiger partial charge < -0.3 is 19.7 Å². The van der Waals surface area contributed by atoms with Crippen molar-refractivity contribution in [1.29, 1.82) is 0 Å². The molecule has 0 aliphatic carbocycles. The Balaban J connectivity index is 1.16. The van der Waals surface area contributed by atoms with E-state index in [1.54, 1.807) is 0 Å². The van der Waals surface area contributed by atoms with E-state index >= 15 is 5.11 Å². The Morgan fingerprint density at radius 3 is 1.07 bits per heavy atom. The van der Waals surface area contributed by atoms with Crippen molar-refractivity contribution in [2.75, 3.05) is 0 Å². The Morgan fingerprint density at radius 2 is 0.647 bits per heavy atom. The lowest BCUT2D eigenvalue weighted by Gasteiger charge is -2.44. The van der Waals surface area contributed by atoms with Crippen LogP contribution in [0.2, 0.25) is 0 Å². The highest BCUT2D eigenvalue weighted by molar-refractivity contribution is 6.13. The molecule has 0 aromatic heterocycles. The molecule has 2 N–H and O–H groups in total. The molecule has 0 amide bonds. The topological polar surface area (TPSA) is 58.9 Å². The average molecular weight is 881 g/mol. The van der Waals surface area contributed by atoms with Crippen LogP contribution >= 0.6 is 0 Å². The van der Waals surface area contributed by atoms with E-state index in [0.29, 0.717) is 16.7 Å². The van der Waals surface area contributed by atoms with Crippen LogP contribution in [0.1, 0.15) is 36.1 Å². The molecule has 4 heteroatoms. The minimum absolute atomic E-state index is 0.147. The standard InChI is InChI=1S/C64H48O4/c1-62(2)67-60(63(65,57-36-41-20-4-8-24-46(41)51-29-13-16-32-54(51)57)39-44-35-40-19-3-7-23-45(40)50-28-12-11-27-49(44)50)61(68-62)64(66,58-37-42-21-5-9-25-47(42)52-30-14-17-33-55(52)58)59-38-43-22-6-10-26-48(43)53-31-15-18-34-56(53)59/h3-38,60-61,65-66H,39H2,1-2H3/t60-,61-,63?/m0/s1. The van der Waals surface area contributed by atoms with Crippen LogP contribution in [0, 0.1) is 0 Å². The molecule has 0 radical (unpaired) electrons. The van der Waals surface area contributed by atoms with Gasteiger partial charge in [0.1, 0.15) is 23.4 Å². The fourth-order valence-electron chi connectivity index (χ4n) is 11.9. The lowest BCUT2D eigenvalue weighted by molar-refractivity contribution is -0.176. The van der Waals surface area contributed by atoms with Gasteiger partial charge in [-0.25, -0.2) is 0 Å². The van der Waals surface area contributed by atoms with Crippen molar-refractivity contribution in [3.63, 3.8) is 0 Å².